The van der Waals surface area contributed by atoms with Gasteiger partial charge in [-0.3, -0.25) is 4.90 Å². The largest absolute Gasteiger partial charge is 0.472 e. The minimum Gasteiger partial charge on any atom is -0.472 e. The Labute approximate surface area is 147 Å². The number of piperidine rings is 3. The van der Waals surface area contributed by atoms with Gasteiger partial charge in [0.15, 0.2) is 0 Å². The molecule has 5 heterocycles. The number of rotatable bonds is 3. The first-order valence-electron chi connectivity index (χ1n) is 9.07. The van der Waals surface area contributed by atoms with Crippen LogP contribution in [-0.4, -0.2) is 45.8 Å². The molecule has 0 saturated carbocycles. The average molecular weight is 334 g/mol. The molecule has 3 fully saturated rings. The van der Waals surface area contributed by atoms with Crippen molar-refractivity contribution in [2.24, 2.45) is 5.92 Å². The van der Waals surface area contributed by atoms with E-state index in [1.165, 1.54) is 37.0 Å². The fraction of sp³-hybridized carbons (Fsp3) is 0.400. The summed E-state index contributed by atoms with van der Waals surface area (Å²) in [5, 5.41) is 9.91. The Bertz CT molecular complexity index is 894. The minimum absolute atomic E-state index is 0.266. The third-order valence-corrected chi connectivity index (χ3v) is 5.56. The monoisotopic (exact) mass is 334 g/mol. The molecular weight excluding hydrogens is 312 g/mol. The zero-order chi connectivity index (χ0) is 16.8. The second-order valence-corrected chi connectivity index (χ2v) is 7.31. The summed E-state index contributed by atoms with van der Waals surface area (Å²) < 4.78 is 6.13. The number of ether oxygens (including phenoxy) is 1. The summed E-state index contributed by atoms with van der Waals surface area (Å²) in [5.41, 5.74) is 4.27. The molecule has 1 N–H and O–H groups in total. The summed E-state index contributed by atoms with van der Waals surface area (Å²) in [4.78, 5) is 5.83. The first-order chi connectivity index (χ1) is 12.2. The number of aryl methyl sites for hydroxylation is 1. The maximum Gasteiger partial charge on any atom is 0.233 e. The molecule has 6 rings (SSSR count). The Morgan fingerprint density at radius 3 is 2.68 bits per heavy atom. The summed E-state index contributed by atoms with van der Waals surface area (Å²) in [6.07, 6.45) is 2.75. The lowest BCUT2D eigenvalue weighted by Gasteiger charge is -2.44. The Morgan fingerprint density at radius 1 is 1.08 bits per heavy atom. The number of fused-ring (bicyclic) bond motifs is 4. The van der Waals surface area contributed by atoms with E-state index in [4.69, 9.17) is 4.74 Å². The van der Waals surface area contributed by atoms with Gasteiger partial charge < -0.3 is 9.72 Å². The second-order valence-electron chi connectivity index (χ2n) is 7.31. The van der Waals surface area contributed by atoms with Crippen molar-refractivity contribution in [3.63, 3.8) is 0 Å². The van der Waals surface area contributed by atoms with Gasteiger partial charge >= 0.3 is 0 Å². The SMILES string of the molecule is Cc1cc2cc(-c3ccc(O[C@H]4CN5CCC4CC5)nn3)ccc2[nH]1. The van der Waals surface area contributed by atoms with E-state index in [9.17, 15) is 0 Å². The van der Waals surface area contributed by atoms with Crippen LogP contribution in [0.25, 0.3) is 22.2 Å². The average Bonchev–Trinajstić information content (AvgIpc) is 3.02. The zero-order valence-electron chi connectivity index (χ0n) is 14.4. The molecule has 3 aliphatic rings. The van der Waals surface area contributed by atoms with E-state index in [0.717, 1.165) is 23.3 Å². The number of hydrogen-bond donors (Lipinski definition) is 1. The molecule has 2 bridgehead atoms. The van der Waals surface area contributed by atoms with Gasteiger partial charge in [0.25, 0.3) is 0 Å². The third kappa shape index (κ3) is 2.78. The molecule has 3 aliphatic heterocycles. The number of benzene rings is 1. The van der Waals surface area contributed by atoms with Gasteiger partial charge in [0.05, 0.1) is 5.69 Å². The van der Waals surface area contributed by atoms with E-state index < -0.39 is 0 Å². The maximum absolute atomic E-state index is 6.13. The van der Waals surface area contributed by atoms with Gasteiger partial charge in [-0.2, -0.15) is 0 Å². The predicted molar refractivity (Wildman–Crippen MR) is 97.6 cm³/mol. The van der Waals surface area contributed by atoms with Crippen LogP contribution in [0.1, 0.15) is 18.5 Å². The summed E-state index contributed by atoms with van der Waals surface area (Å²) in [7, 11) is 0. The van der Waals surface area contributed by atoms with Crippen molar-refractivity contribution in [1.82, 2.24) is 20.1 Å². The van der Waals surface area contributed by atoms with Crippen molar-refractivity contribution >= 4 is 10.9 Å². The third-order valence-electron chi connectivity index (χ3n) is 5.56. The van der Waals surface area contributed by atoms with Gasteiger partial charge in [-0.1, -0.05) is 6.07 Å². The van der Waals surface area contributed by atoms with Crippen LogP contribution in [0.5, 0.6) is 5.88 Å². The lowest BCUT2D eigenvalue weighted by Crippen LogP contribution is -2.52. The fourth-order valence-corrected chi connectivity index (χ4v) is 4.17. The molecule has 5 heteroatoms. The lowest BCUT2D eigenvalue weighted by atomic mass is 9.86. The van der Waals surface area contributed by atoms with E-state index in [1.807, 2.05) is 12.1 Å². The standard InChI is InChI=1S/C20H22N4O/c1-13-10-16-11-15(2-3-17(16)21-13)18-4-5-20(23-22-18)25-19-12-24-8-6-14(19)7-9-24/h2-5,10-11,14,19,21H,6-9,12H2,1H3/t19-/m0/s1. The first-order valence-corrected chi connectivity index (χ1v) is 9.07. The van der Waals surface area contributed by atoms with Crippen LogP contribution in [-0.2, 0) is 0 Å². The van der Waals surface area contributed by atoms with E-state index in [0.29, 0.717) is 11.8 Å². The number of hydrogen-bond acceptors (Lipinski definition) is 4. The molecule has 0 radical (unpaired) electrons. The Morgan fingerprint density at radius 2 is 1.96 bits per heavy atom. The normalized spacial score (nSPS) is 25.4. The molecule has 3 aromatic rings. The molecule has 1 aromatic carbocycles. The number of aromatic nitrogens is 3. The van der Waals surface area contributed by atoms with Crippen molar-refractivity contribution in [3.8, 4) is 17.1 Å². The molecule has 3 saturated heterocycles. The number of nitrogens with one attached hydrogen (secondary N) is 1. The van der Waals surface area contributed by atoms with Crippen LogP contribution in [0.15, 0.2) is 36.4 Å². The van der Waals surface area contributed by atoms with Crippen molar-refractivity contribution in [2.45, 2.75) is 25.9 Å². The zero-order valence-corrected chi connectivity index (χ0v) is 14.4. The molecule has 1 atom stereocenters. The van der Waals surface area contributed by atoms with Gasteiger partial charge in [0.1, 0.15) is 6.10 Å². The van der Waals surface area contributed by atoms with E-state index >= 15 is 0 Å². The van der Waals surface area contributed by atoms with Crippen LogP contribution >= 0.6 is 0 Å². The molecule has 0 spiro atoms. The molecule has 2 aromatic heterocycles. The molecule has 0 unspecified atom stereocenters. The Hall–Kier alpha value is -2.40. The number of nitrogens with zero attached hydrogens (tertiary/aromatic N) is 3. The van der Waals surface area contributed by atoms with E-state index in [-0.39, 0.29) is 6.10 Å². The summed E-state index contributed by atoms with van der Waals surface area (Å²) in [6, 6.07) is 12.4. The molecular formula is C20H22N4O. The van der Waals surface area contributed by atoms with Gasteiger partial charge in [-0.15, -0.1) is 10.2 Å². The van der Waals surface area contributed by atoms with Crippen molar-refractivity contribution < 1.29 is 4.74 Å². The quantitative estimate of drug-likeness (QED) is 0.797. The van der Waals surface area contributed by atoms with E-state index in [1.54, 1.807) is 0 Å². The fourth-order valence-electron chi connectivity index (χ4n) is 4.17. The van der Waals surface area contributed by atoms with Gasteiger partial charge in [-0.05, 0) is 63.0 Å². The van der Waals surface area contributed by atoms with E-state index in [2.05, 4.69) is 51.3 Å². The first kappa shape index (κ1) is 14.9. The summed E-state index contributed by atoms with van der Waals surface area (Å²) in [5.74, 6) is 1.31. The van der Waals surface area contributed by atoms with Crippen LogP contribution in [0.2, 0.25) is 0 Å². The molecule has 5 nitrogen and oxygen atoms in total. The second kappa shape index (κ2) is 5.85. The summed E-state index contributed by atoms with van der Waals surface area (Å²) >= 11 is 0. The highest BCUT2D eigenvalue weighted by Crippen LogP contribution is 2.30. The minimum atomic E-state index is 0.266. The van der Waals surface area contributed by atoms with Gasteiger partial charge in [-0.25, -0.2) is 0 Å². The summed E-state index contributed by atoms with van der Waals surface area (Å²) in [6.45, 7) is 5.53. The van der Waals surface area contributed by atoms with Crippen LogP contribution in [0, 0.1) is 12.8 Å². The highest BCUT2D eigenvalue weighted by atomic mass is 16.5. The maximum atomic E-state index is 6.13. The lowest BCUT2D eigenvalue weighted by molar-refractivity contribution is -0.0103. The van der Waals surface area contributed by atoms with Crippen molar-refractivity contribution in [1.29, 1.82) is 0 Å². The Kier molecular flexibility index (Phi) is 3.48. The van der Waals surface area contributed by atoms with Crippen LogP contribution in [0.4, 0.5) is 0 Å². The molecule has 0 amide bonds. The number of aromatic amines is 1. The topological polar surface area (TPSA) is 54.0 Å². The molecule has 0 aliphatic carbocycles. The highest BCUT2D eigenvalue weighted by Gasteiger charge is 2.35. The van der Waals surface area contributed by atoms with Crippen LogP contribution in [0.3, 0.4) is 0 Å². The Balaban J connectivity index is 1.35. The smallest absolute Gasteiger partial charge is 0.233 e. The van der Waals surface area contributed by atoms with Crippen molar-refractivity contribution in [3.05, 3.63) is 42.1 Å². The van der Waals surface area contributed by atoms with Gasteiger partial charge in [0, 0.05) is 34.8 Å². The highest BCUT2D eigenvalue weighted by molar-refractivity contribution is 5.85. The predicted octanol–water partition coefficient (Wildman–Crippen LogP) is 3.41. The van der Waals surface area contributed by atoms with Crippen LogP contribution < -0.4 is 4.74 Å². The number of H-pyrrole nitrogens is 1. The van der Waals surface area contributed by atoms with Crippen molar-refractivity contribution in [2.75, 3.05) is 19.6 Å². The molecule has 128 valence electrons. The molecule has 25 heavy (non-hydrogen) atoms. The van der Waals surface area contributed by atoms with Gasteiger partial charge in [0.2, 0.25) is 5.88 Å².